The van der Waals surface area contributed by atoms with Gasteiger partial charge in [0.15, 0.2) is 0 Å². The molecule has 2 atom stereocenters. The molecule has 0 bridgehead atoms. The molecule has 0 spiro atoms. The summed E-state index contributed by atoms with van der Waals surface area (Å²) in [6, 6.07) is 16.3. The van der Waals surface area contributed by atoms with E-state index >= 15 is 0 Å². The van der Waals surface area contributed by atoms with Gasteiger partial charge in [-0.05, 0) is 53.5 Å². The second-order valence-corrected chi connectivity index (χ2v) is 8.70. The molecule has 5 heteroatoms. The molecule has 1 fully saturated rings. The highest BCUT2D eigenvalue weighted by Crippen LogP contribution is 2.19. The van der Waals surface area contributed by atoms with Crippen LogP contribution >= 0.6 is 11.8 Å². The molecule has 2 unspecified atom stereocenters. The standard InChI is InChI=1S/C23H30O4S/c1-17(2)15-28-16-20(24)12-25-21-7-3-18(4-8-21)11-19-5-9-22(10-6-19)26-13-23-14-27-23/h3-10,17,20,23-24H,11-16H2,1-2H3. The summed E-state index contributed by atoms with van der Waals surface area (Å²) in [5.74, 6) is 4.10. The number of epoxide rings is 1. The molecule has 1 saturated heterocycles. The molecule has 1 N–H and O–H groups in total. The Labute approximate surface area is 172 Å². The Morgan fingerprint density at radius 1 is 0.964 bits per heavy atom. The molecule has 152 valence electrons. The number of rotatable bonds is 12. The lowest BCUT2D eigenvalue weighted by molar-refractivity contribution is 0.126. The first-order valence-electron chi connectivity index (χ1n) is 9.89. The van der Waals surface area contributed by atoms with Gasteiger partial charge in [-0.2, -0.15) is 11.8 Å². The fraction of sp³-hybridized carbons (Fsp3) is 0.478. The lowest BCUT2D eigenvalue weighted by atomic mass is 10.0. The Kier molecular flexibility index (Phi) is 8.07. The van der Waals surface area contributed by atoms with Crippen molar-refractivity contribution in [1.29, 1.82) is 0 Å². The Morgan fingerprint density at radius 3 is 2.07 bits per heavy atom. The smallest absolute Gasteiger partial charge is 0.119 e. The molecule has 28 heavy (non-hydrogen) atoms. The third-order valence-corrected chi connectivity index (χ3v) is 5.82. The van der Waals surface area contributed by atoms with Crippen molar-refractivity contribution in [2.45, 2.75) is 32.5 Å². The fourth-order valence-electron chi connectivity index (χ4n) is 2.68. The number of aliphatic hydroxyl groups is 1. The normalized spacial score (nSPS) is 16.8. The van der Waals surface area contributed by atoms with Gasteiger partial charge < -0.3 is 19.3 Å². The molecule has 0 aliphatic carbocycles. The van der Waals surface area contributed by atoms with E-state index in [2.05, 4.69) is 38.1 Å². The topological polar surface area (TPSA) is 51.2 Å². The zero-order valence-corrected chi connectivity index (χ0v) is 17.5. The van der Waals surface area contributed by atoms with Crippen LogP contribution in [0.1, 0.15) is 25.0 Å². The summed E-state index contributed by atoms with van der Waals surface area (Å²) < 4.78 is 16.5. The zero-order valence-electron chi connectivity index (χ0n) is 16.7. The minimum Gasteiger partial charge on any atom is -0.491 e. The van der Waals surface area contributed by atoms with Gasteiger partial charge in [0.25, 0.3) is 0 Å². The number of aliphatic hydroxyl groups excluding tert-OH is 1. The minimum atomic E-state index is -0.435. The summed E-state index contributed by atoms with van der Waals surface area (Å²) in [5, 5.41) is 10.0. The van der Waals surface area contributed by atoms with Crippen molar-refractivity contribution in [2.75, 3.05) is 31.3 Å². The van der Waals surface area contributed by atoms with Crippen LogP contribution in [0.15, 0.2) is 48.5 Å². The number of benzene rings is 2. The van der Waals surface area contributed by atoms with Gasteiger partial charge in [0.05, 0.1) is 12.7 Å². The summed E-state index contributed by atoms with van der Waals surface area (Å²) >= 11 is 1.77. The van der Waals surface area contributed by atoms with Crippen LogP contribution in [0.25, 0.3) is 0 Å². The van der Waals surface area contributed by atoms with E-state index in [1.54, 1.807) is 11.8 Å². The van der Waals surface area contributed by atoms with Gasteiger partial charge in [0.1, 0.15) is 30.8 Å². The Bertz CT molecular complexity index is 696. The molecule has 0 radical (unpaired) electrons. The summed E-state index contributed by atoms with van der Waals surface area (Å²) in [6.07, 6.45) is 0.705. The number of hydrogen-bond donors (Lipinski definition) is 1. The molecule has 2 aromatic carbocycles. The summed E-state index contributed by atoms with van der Waals surface area (Å²) in [6.45, 7) is 6.14. The first kappa shape index (κ1) is 21.0. The quantitative estimate of drug-likeness (QED) is 0.540. The van der Waals surface area contributed by atoms with Crippen LogP contribution in [0.2, 0.25) is 0 Å². The van der Waals surface area contributed by atoms with Crippen molar-refractivity contribution in [1.82, 2.24) is 0 Å². The van der Waals surface area contributed by atoms with Gasteiger partial charge in [-0.3, -0.25) is 0 Å². The van der Waals surface area contributed by atoms with Gasteiger partial charge in [0.2, 0.25) is 0 Å². The minimum absolute atomic E-state index is 0.278. The molecule has 1 aliphatic rings. The second kappa shape index (κ2) is 10.7. The van der Waals surface area contributed by atoms with E-state index in [1.807, 2.05) is 24.3 Å². The van der Waals surface area contributed by atoms with E-state index in [0.29, 0.717) is 24.9 Å². The van der Waals surface area contributed by atoms with E-state index < -0.39 is 6.10 Å². The van der Waals surface area contributed by atoms with Gasteiger partial charge in [-0.25, -0.2) is 0 Å². The SMILES string of the molecule is CC(C)CSCC(O)COc1ccc(Cc2ccc(OCC3CO3)cc2)cc1. The highest BCUT2D eigenvalue weighted by Gasteiger charge is 2.22. The Balaban J connectivity index is 1.39. The van der Waals surface area contributed by atoms with E-state index in [-0.39, 0.29) is 6.10 Å². The average Bonchev–Trinajstić information content (AvgIpc) is 3.51. The molecule has 1 aliphatic heterocycles. The Morgan fingerprint density at radius 2 is 1.54 bits per heavy atom. The third kappa shape index (κ3) is 7.74. The van der Waals surface area contributed by atoms with Crippen molar-refractivity contribution in [3.05, 3.63) is 59.7 Å². The molecule has 4 nitrogen and oxygen atoms in total. The van der Waals surface area contributed by atoms with Gasteiger partial charge in [-0.15, -0.1) is 0 Å². The lowest BCUT2D eigenvalue weighted by Crippen LogP contribution is -2.20. The van der Waals surface area contributed by atoms with E-state index in [9.17, 15) is 5.11 Å². The van der Waals surface area contributed by atoms with Crippen LogP contribution in [0.5, 0.6) is 11.5 Å². The monoisotopic (exact) mass is 402 g/mol. The third-order valence-electron chi connectivity index (χ3n) is 4.30. The van der Waals surface area contributed by atoms with E-state index in [0.717, 1.165) is 30.3 Å². The van der Waals surface area contributed by atoms with Crippen LogP contribution in [-0.4, -0.2) is 48.6 Å². The van der Waals surface area contributed by atoms with Crippen LogP contribution < -0.4 is 9.47 Å². The second-order valence-electron chi connectivity index (χ2n) is 7.63. The van der Waals surface area contributed by atoms with Crippen LogP contribution in [-0.2, 0) is 11.2 Å². The largest absolute Gasteiger partial charge is 0.491 e. The molecule has 2 aromatic rings. The van der Waals surface area contributed by atoms with Gasteiger partial charge in [-0.1, -0.05) is 38.1 Å². The maximum atomic E-state index is 10.0. The predicted molar refractivity (Wildman–Crippen MR) is 115 cm³/mol. The highest BCUT2D eigenvalue weighted by molar-refractivity contribution is 7.99. The fourth-order valence-corrected chi connectivity index (χ4v) is 3.65. The van der Waals surface area contributed by atoms with E-state index in [1.165, 1.54) is 11.1 Å². The Hall–Kier alpha value is -1.69. The van der Waals surface area contributed by atoms with Crippen LogP contribution in [0.3, 0.4) is 0 Å². The van der Waals surface area contributed by atoms with E-state index in [4.69, 9.17) is 14.2 Å². The number of thioether (sulfide) groups is 1. The molecular weight excluding hydrogens is 372 g/mol. The molecule has 0 saturated carbocycles. The van der Waals surface area contributed by atoms with Crippen molar-refractivity contribution < 1.29 is 19.3 Å². The van der Waals surface area contributed by atoms with Crippen molar-refractivity contribution in [3.8, 4) is 11.5 Å². The van der Waals surface area contributed by atoms with Gasteiger partial charge >= 0.3 is 0 Å². The zero-order chi connectivity index (χ0) is 19.8. The summed E-state index contributed by atoms with van der Waals surface area (Å²) in [4.78, 5) is 0. The predicted octanol–water partition coefficient (Wildman–Crippen LogP) is 4.18. The average molecular weight is 403 g/mol. The molecule has 3 rings (SSSR count). The first-order chi connectivity index (χ1) is 13.6. The van der Waals surface area contributed by atoms with Crippen molar-refractivity contribution in [3.63, 3.8) is 0 Å². The molecular formula is C23H30O4S. The van der Waals surface area contributed by atoms with Crippen LogP contribution in [0, 0.1) is 5.92 Å². The molecule has 0 amide bonds. The lowest BCUT2D eigenvalue weighted by Gasteiger charge is -2.13. The first-order valence-corrected chi connectivity index (χ1v) is 11.0. The maximum absolute atomic E-state index is 10.0. The summed E-state index contributed by atoms with van der Waals surface area (Å²) in [7, 11) is 0. The summed E-state index contributed by atoms with van der Waals surface area (Å²) in [5.41, 5.74) is 2.46. The highest BCUT2D eigenvalue weighted by atomic mass is 32.2. The van der Waals surface area contributed by atoms with Crippen LogP contribution in [0.4, 0.5) is 0 Å². The number of ether oxygens (including phenoxy) is 3. The van der Waals surface area contributed by atoms with Crippen molar-refractivity contribution >= 4 is 11.8 Å². The molecule has 1 heterocycles. The maximum Gasteiger partial charge on any atom is 0.119 e. The van der Waals surface area contributed by atoms with Gasteiger partial charge in [0, 0.05) is 5.75 Å². The van der Waals surface area contributed by atoms with Crippen molar-refractivity contribution in [2.24, 2.45) is 5.92 Å². The molecule has 0 aromatic heterocycles. The number of hydrogen-bond acceptors (Lipinski definition) is 5.